The van der Waals surface area contributed by atoms with Gasteiger partial charge in [-0.25, -0.2) is 8.42 Å². The summed E-state index contributed by atoms with van der Waals surface area (Å²) in [5.74, 6) is 0.658. The molecule has 0 saturated carbocycles. The fourth-order valence-electron chi connectivity index (χ4n) is 3.27. The number of nitrogens with zero attached hydrogens (tertiary/aromatic N) is 1. The van der Waals surface area contributed by atoms with Crippen molar-refractivity contribution in [1.82, 2.24) is 9.62 Å². The molecular formula is C24H25ClN2O5S. The zero-order chi connectivity index (χ0) is 23.8. The number of benzene rings is 3. The van der Waals surface area contributed by atoms with Crippen LogP contribution >= 0.6 is 11.6 Å². The highest BCUT2D eigenvalue weighted by Gasteiger charge is 2.27. The smallest absolute Gasteiger partial charge is 0.243 e. The number of methoxy groups -OCH3 is 2. The van der Waals surface area contributed by atoms with Gasteiger partial charge in [0.05, 0.1) is 37.8 Å². The number of hydrogen-bond acceptors (Lipinski definition) is 5. The largest absolute Gasteiger partial charge is 0.496 e. The molecule has 33 heavy (non-hydrogen) atoms. The molecule has 0 unspecified atom stereocenters. The Bertz CT molecular complexity index is 1160. The first-order valence-electron chi connectivity index (χ1n) is 10.1. The Morgan fingerprint density at radius 1 is 0.909 bits per heavy atom. The second-order valence-corrected chi connectivity index (χ2v) is 9.50. The number of rotatable bonds is 10. The van der Waals surface area contributed by atoms with Gasteiger partial charge in [0.15, 0.2) is 0 Å². The maximum Gasteiger partial charge on any atom is 0.243 e. The molecule has 0 spiro atoms. The number of halogens is 1. The number of sulfonamides is 1. The van der Waals surface area contributed by atoms with E-state index in [-0.39, 0.29) is 24.5 Å². The van der Waals surface area contributed by atoms with Gasteiger partial charge in [-0.2, -0.15) is 4.31 Å². The minimum Gasteiger partial charge on any atom is -0.496 e. The third-order valence-electron chi connectivity index (χ3n) is 4.97. The van der Waals surface area contributed by atoms with Gasteiger partial charge >= 0.3 is 0 Å². The van der Waals surface area contributed by atoms with Crippen molar-refractivity contribution < 1.29 is 22.7 Å². The van der Waals surface area contributed by atoms with E-state index >= 15 is 0 Å². The van der Waals surface area contributed by atoms with Gasteiger partial charge in [0.25, 0.3) is 0 Å². The van der Waals surface area contributed by atoms with Crippen LogP contribution in [0, 0.1) is 0 Å². The molecule has 1 N–H and O–H groups in total. The number of ether oxygens (including phenoxy) is 2. The highest BCUT2D eigenvalue weighted by atomic mass is 35.5. The van der Waals surface area contributed by atoms with Crippen molar-refractivity contribution in [2.45, 2.75) is 18.0 Å². The molecule has 0 saturated heterocycles. The molecule has 0 atom stereocenters. The molecule has 9 heteroatoms. The molecule has 3 aromatic carbocycles. The molecule has 0 aliphatic heterocycles. The average molecular weight is 489 g/mol. The van der Waals surface area contributed by atoms with Gasteiger partial charge in [0.1, 0.15) is 11.5 Å². The highest BCUT2D eigenvalue weighted by Crippen LogP contribution is 2.28. The zero-order valence-corrected chi connectivity index (χ0v) is 19.9. The Balaban J connectivity index is 1.81. The van der Waals surface area contributed by atoms with Crippen LogP contribution in [0.4, 0.5) is 0 Å². The van der Waals surface area contributed by atoms with Crippen molar-refractivity contribution in [2.24, 2.45) is 0 Å². The molecule has 0 aromatic heterocycles. The lowest BCUT2D eigenvalue weighted by Gasteiger charge is -2.22. The van der Waals surface area contributed by atoms with E-state index in [1.54, 1.807) is 18.2 Å². The van der Waals surface area contributed by atoms with E-state index in [9.17, 15) is 13.2 Å². The standard InChI is InChI=1S/C24H25ClN2O5S/c1-31-22-9-6-10-23(32-2)21(22)15-26-24(28)17-27(16-18-7-4-3-5-8-18)33(29,30)20-13-11-19(25)12-14-20/h3-14H,15-17H2,1-2H3,(H,26,28). The summed E-state index contributed by atoms with van der Waals surface area (Å²) < 4.78 is 38.5. The predicted molar refractivity (Wildman–Crippen MR) is 127 cm³/mol. The van der Waals surface area contributed by atoms with Crippen LogP contribution in [0.25, 0.3) is 0 Å². The van der Waals surface area contributed by atoms with Crippen molar-refractivity contribution in [3.63, 3.8) is 0 Å². The molecular weight excluding hydrogens is 464 g/mol. The Kier molecular flexibility index (Phi) is 8.32. The third-order valence-corrected chi connectivity index (χ3v) is 7.02. The Morgan fingerprint density at radius 2 is 1.52 bits per heavy atom. The van der Waals surface area contributed by atoms with Crippen molar-refractivity contribution in [2.75, 3.05) is 20.8 Å². The first-order valence-corrected chi connectivity index (χ1v) is 11.9. The topological polar surface area (TPSA) is 84.9 Å². The Hall–Kier alpha value is -3.07. The van der Waals surface area contributed by atoms with Crippen molar-refractivity contribution >= 4 is 27.5 Å². The van der Waals surface area contributed by atoms with Crippen molar-refractivity contribution in [3.8, 4) is 11.5 Å². The van der Waals surface area contributed by atoms with E-state index < -0.39 is 15.9 Å². The van der Waals surface area contributed by atoms with E-state index in [1.165, 1.54) is 38.5 Å². The molecule has 1 amide bonds. The maximum atomic E-state index is 13.3. The molecule has 3 rings (SSSR count). The van der Waals surface area contributed by atoms with Gasteiger partial charge < -0.3 is 14.8 Å². The summed E-state index contributed by atoms with van der Waals surface area (Å²) in [6.45, 7) is -0.208. The minimum absolute atomic E-state index is 0.0389. The normalized spacial score (nSPS) is 11.3. The molecule has 0 heterocycles. The predicted octanol–water partition coefficient (Wildman–Crippen LogP) is 3.86. The van der Waals surface area contributed by atoms with E-state index in [0.29, 0.717) is 22.1 Å². The Labute approximate surface area is 198 Å². The average Bonchev–Trinajstić information content (AvgIpc) is 2.83. The second kappa shape index (κ2) is 11.2. The van der Waals surface area contributed by atoms with E-state index in [0.717, 1.165) is 9.87 Å². The maximum absolute atomic E-state index is 13.3. The summed E-state index contributed by atoms with van der Waals surface area (Å²) >= 11 is 5.91. The van der Waals surface area contributed by atoms with Gasteiger partial charge in [-0.3, -0.25) is 4.79 Å². The summed E-state index contributed by atoms with van der Waals surface area (Å²) in [7, 11) is -0.899. The van der Waals surface area contributed by atoms with Crippen molar-refractivity contribution in [3.05, 3.63) is 88.9 Å². The minimum atomic E-state index is -3.96. The van der Waals surface area contributed by atoms with Gasteiger partial charge in [0.2, 0.25) is 15.9 Å². The van der Waals surface area contributed by atoms with E-state index in [1.807, 2.05) is 30.3 Å². The van der Waals surface area contributed by atoms with Crippen LogP contribution in [0.1, 0.15) is 11.1 Å². The molecule has 174 valence electrons. The van der Waals surface area contributed by atoms with Crippen LogP contribution in [0.5, 0.6) is 11.5 Å². The van der Waals surface area contributed by atoms with Crippen molar-refractivity contribution in [1.29, 1.82) is 0 Å². The second-order valence-electron chi connectivity index (χ2n) is 7.13. The van der Waals surface area contributed by atoms with E-state index in [4.69, 9.17) is 21.1 Å². The summed E-state index contributed by atoms with van der Waals surface area (Å²) in [5, 5.41) is 3.19. The third kappa shape index (κ3) is 6.25. The highest BCUT2D eigenvalue weighted by molar-refractivity contribution is 7.89. The molecule has 0 aliphatic carbocycles. The quantitative estimate of drug-likeness (QED) is 0.468. The number of hydrogen-bond donors (Lipinski definition) is 1. The fourth-order valence-corrected chi connectivity index (χ4v) is 4.78. The number of carbonyl (C=O) groups is 1. The zero-order valence-electron chi connectivity index (χ0n) is 18.3. The van der Waals surface area contributed by atoms with Crippen LogP contribution in [-0.4, -0.2) is 39.4 Å². The van der Waals surface area contributed by atoms with Crippen LogP contribution in [0.3, 0.4) is 0 Å². The summed E-state index contributed by atoms with van der Waals surface area (Å²) in [4.78, 5) is 12.9. The van der Waals surface area contributed by atoms with Crippen LogP contribution in [-0.2, 0) is 27.9 Å². The van der Waals surface area contributed by atoms with Gasteiger partial charge in [-0.05, 0) is 42.0 Å². The van der Waals surface area contributed by atoms with E-state index in [2.05, 4.69) is 5.32 Å². The van der Waals surface area contributed by atoms with Crippen LogP contribution < -0.4 is 14.8 Å². The molecule has 0 fully saturated rings. The lowest BCUT2D eigenvalue weighted by molar-refractivity contribution is -0.121. The SMILES string of the molecule is COc1cccc(OC)c1CNC(=O)CN(Cc1ccccc1)S(=O)(=O)c1ccc(Cl)cc1. The Morgan fingerprint density at radius 3 is 2.09 bits per heavy atom. The lowest BCUT2D eigenvalue weighted by atomic mass is 10.1. The molecule has 0 bridgehead atoms. The monoisotopic (exact) mass is 488 g/mol. The summed E-state index contributed by atoms with van der Waals surface area (Å²) in [6, 6.07) is 20.2. The molecule has 3 aromatic rings. The molecule has 0 radical (unpaired) electrons. The fraction of sp³-hybridized carbons (Fsp3) is 0.208. The number of nitrogens with one attached hydrogen (secondary N) is 1. The molecule has 7 nitrogen and oxygen atoms in total. The first-order chi connectivity index (χ1) is 15.8. The van der Waals surface area contributed by atoms with Crippen LogP contribution in [0.15, 0.2) is 77.7 Å². The van der Waals surface area contributed by atoms with Gasteiger partial charge in [-0.15, -0.1) is 0 Å². The van der Waals surface area contributed by atoms with Gasteiger partial charge in [-0.1, -0.05) is 48.0 Å². The summed E-state index contributed by atoms with van der Waals surface area (Å²) in [6.07, 6.45) is 0. The lowest BCUT2D eigenvalue weighted by Crippen LogP contribution is -2.40. The van der Waals surface area contributed by atoms with Gasteiger partial charge in [0, 0.05) is 11.6 Å². The number of amides is 1. The summed E-state index contributed by atoms with van der Waals surface area (Å²) in [5.41, 5.74) is 1.42. The first kappa shape index (κ1) is 24.6. The number of carbonyl (C=O) groups excluding carboxylic acids is 1. The van der Waals surface area contributed by atoms with Crippen LogP contribution in [0.2, 0.25) is 5.02 Å². The molecule has 0 aliphatic rings.